The third-order valence-electron chi connectivity index (χ3n) is 6.71. The van der Waals surface area contributed by atoms with Gasteiger partial charge in [0.1, 0.15) is 17.3 Å². The number of carbonyl (C=O) groups is 2. The first-order valence-electron chi connectivity index (χ1n) is 12.4. The number of nitrogens with zero attached hydrogens (tertiary/aromatic N) is 2. The van der Waals surface area contributed by atoms with Crippen molar-refractivity contribution in [3.8, 4) is 11.5 Å². The lowest BCUT2D eigenvalue weighted by atomic mass is 9.93. The van der Waals surface area contributed by atoms with Gasteiger partial charge in [0, 0.05) is 31.7 Å². The molecule has 2 fully saturated rings. The third kappa shape index (κ3) is 5.39. The lowest BCUT2D eigenvalue weighted by Crippen LogP contribution is -2.38. The van der Waals surface area contributed by atoms with Crippen LogP contribution in [0.4, 0.5) is 0 Å². The minimum absolute atomic E-state index is 0.101. The number of aryl methyl sites for hydroxylation is 1. The van der Waals surface area contributed by atoms with Crippen LogP contribution in [-0.2, 0) is 14.3 Å². The van der Waals surface area contributed by atoms with Gasteiger partial charge in [-0.15, -0.1) is 0 Å². The molecule has 8 heteroatoms. The van der Waals surface area contributed by atoms with Crippen molar-refractivity contribution in [2.24, 2.45) is 0 Å². The predicted molar refractivity (Wildman–Crippen MR) is 136 cm³/mol. The summed E-state index contributed by atoms with van der Waals surface area (Å²) in [5, 5.41) is 11.4. The van der Waals surface area contributed by atoms with Crippen molar-refractivity contribution in [2.75, 3.05) is 53.1 Å². The summed E-state index contributed by atoms with van der Waals surface area (Å²) >= 11 is 0. The van der Waals surface area contributed by atoms with E-state index >= 15 is 0 Å². The first-order valence-corrected chi connectivity index (χ1v) is 12.4. The molecule has 1 atom stereocenters. The molecule has 8 nitrogen and oxygen atoms in total. The van der Waals surface area contributed by atoms with E-state index in [2.05, 4.69) is 4.90 Å². The van der Waals surface area contributed by atoms with Crippen molar-refractivity contribution in [3.05, 3.63) is 64.7 Å². The van der Waals surface area contributed by atoms with E-state index in [1.807, 2.05) is 38.1 Å². The summed E-state index contributed by atoms with van der Waals surface area (Å²) < 4.78 is 16.3. The van der Waals surface area contributed by atoms with Crippen LogP contribution >= 0.6 is 0 Å². The Morgan fingerprint density at radius 1 is 1.06 bits per heavy atom. The zero-order valence-electron chi connectivity index (χ0n) is 21.2. The van der Waals surface area contributed by atoms with Gasteiger partial charge < -0.3 is 24.2 Å². The smallest absolute Gasteiger partial charge is 0.295 e. The first-order chi connectivity index (χ1) is 17.4. The van der Waals surface area contributed by atoms with Gasteiger partial charge in [0.05, 0.1) is 38.5 Å². The molecule has 0 aliphatic carbocycles. The Bertz CT molecular complexity index is 1120. The fraction of sp³-hybridized carbons (Fsp3) is 0.429. The van der Waals surface area contributed by atoms with Gasteiger partial charge in [0.25, 0.3) is 11.7 Å². The maximum Gasteiger partial charge on any atom is 0.295 e. The fourth-order valence-corrected chi connectivity index (χ4v) is 4.83. The Morgan fingerprint density at radius 3 is 2.39 bits per heavy atom. The number of aliphatic hydroxyl groups excluding tert-OH is 1. The van der Waals surface area contributed by atoms with Crippen LogP contribution in [0.15, 0.2) is 48.0 Å². The Morgan fingerprint density at radius 2 is 1.75 bits per heavy atom. The van der Waals surface area contributed by atoms with Gasteiger partial charge in [-0.05, 0) is 61.7 Å². The van der Waals surface area contributed by atoms with Crippen molar-refractivity contribution in [3.63, 3.8) is 0 Å². The monoisotopic (exact) mass is 494 g/mol. The average molecular weight is 495 g/mol. The van der Waals surface area contributed by atoms with E-state index < -0.39 is 17.7 Å². The van der Waals surface area contributed by atoms with E-state index in [9.17, 15) is 14.7 Å². The highest BCUT2D eigenvalue weighted by atomic mass is 16.5. The summed E-state index contributed by atoms with van der Waals surface area (Å²) in [6.07, 6.45) is 0.710. The molecule has 1 N–H and O–H groups in total. The molecule has 0 aromatic heterocycles. The van der Waals surface area contributed by atoms with E-state index in [1.165, 1.54) is 0 Å². The number of ketones is 1. The molecule has 36 heavy (non-hydrogen) atoms. The molecule has 1 unspecified atom stereocenters. The maximum absolute atomic E-state index is 13.3. The van der Waals surface area contributed by atoms with Crippen molar-refractivity contribution < 1.29 is 28.9 Å². The molecule has 0 spiro atoms. The lowest BCUT2D eigenvalue weighted by molar-refractivity contribution is -0.140. The van der Waals surface area contributed by atoms with Gasteiger partial charge in [-0.1, -0.05) is 12.1 Å². The molecule has 0 radical (unpaired) electrons. The van der Waals surface area contributed by atoms with Crippen LogP contribution in [0.25, 0.3) is 5.76 Å². The van der Waals surface area contributed by atoms with Gasteiger partial charge in [0.2, 0.25) is 0 Å². The van der Waals surface area contributed by atoms with Crippen LogP contribution in [0.1, 0.15) is 36.1 Å². The second kappa shape index (κ2) is 11.6. The van der Waals surface area contributed by atoms with Crippen molar-refractivity contribution in [1.82, 2.24) is 9.80 Å². The second-order valence-electron chi connectivity index (χ2n) is 8.98. The van der Waals surface area contributed by atoms with Crippen LogP contribution in [0.3, 0.4) is 0 Å². The molecule has 2 aliphatic rings. The van der Waals surface area contributed by atoms with Gasteiger partial charge in [0.15, 0.2) is 0 Å². The van der Waals surface area contributed by atoms with Crippen molar-refractivity contribution in [1.29, 1.82) is 0 Å². The van der Waals surface area contributed by atoms with Gasteiger partial charge in [-0.25, -0.2) is 0 Å². The molecule has 0 saturated carbocycles. The SMILES string of the molecule is CCOc1ccc(C2/C(=C(\O)c3ccc(OC)cc3C)C(=O)C(=O)N2CCCN2CCOCC2)cc1. The number of methoxy groups -OCH3 is 1. The standard InChI is InChI=1S/C28H34N2O6/c1-4-36-21-8-6-20(7-9-21)25-24(26(31)23-11-10-22(34-3)18-19(23)2)27(32)28(33)30(25)13-5-12-29-14-16-35-17-15-29/h6-11,18,25,31H,4-5,12-17H2,1-3H3/b26-24+. The van der Waals surface area contributed by atoms with Crippen LogP contribution in [0.2, 0.25) is 0 Å². The van der Waals surface area contributed by atoms with Crippen LogP contribution in [-0.4, -0.2) is 79.7 Å². The Balaban J connectivity index is 1.69. The average Bonchev–Trinajstić information content (AvgIpc) is 3.14. The summed E-state index contributed by atoms with van der Waals surface area (Å²) in [7, 11) is 1.57. The number of likely N-dealkylation sites (tertiary alicyclic amines) is 1. The summed E-state index contributed by atoms with van der Waals surface area (Å²) in [5.74, 6) is -0.0909. The zero-order chi connectivity index (χ0) is 25.7. The van der Waals surface area contributed by atoms with E-state index in [0.29, 0.717) is 49.8 Å². The number of rotatable bonds is 9. The number of amides is 1. The lowest BCUT2D eigenvalue weighted by Gasteiger charge is -2.29. The highest BCUT2D eigenvalue weighted by Gasteiger charge is 2.46. The largest absolute Gasteiger partial charge is 0.507 e. The molecule has 0 bridgehead atoms. The molecular formula is C28H34N2O6. The number of benzene rings is 2. The van der Waals surface area contributed by atoms with E-state index in [-0.39, 0.29) is 11.3 Å². The molecule has 2 heterocycles. The number of carbonyl (C=O) groups excluding carboxylic acids is 2. The molecule has 2 aromatic carbocycles. The Kier molecular flexibility index (Phi) is 8.28. The van der Waals surface area contributed by atoms with Gasteiger partial charge in [-0.3, -0.25) is 14.5 Å². The summed E-state index contributed by atoms with van der Waals surface area (Å²) in [6.45, 7) is 8.62. The summed E-state index contributed by atoms with van der Waals surface area (Å²) in [5.41, 5.74) is 2.09. The molecule has 192 valence electrons. The number of hydrogen-bond acceptors (Lipinski definition) is 7. The van der Waals surface area contributed by atoms with Gasteiger partial charge in [-0.2, -0.15) is 0 Å². The molecule has 2 aliphatic heterocycles. The normalized spacial score (nSPS) is 20.1. The zero-order valence-corrected chi connectivity index (χ0v) is 21.2. The van der Waals surface area contributed by atoms with E-state index in [0.717, 1.165) is 30.8 Å². The number of morpholine rings is 1. The van der Waals surface area contributed by atoms with Crippen LogP contribution in [0.5, 0.6) is 11.5 Å². The predicted octanol–water partition coefficient (Wildman–Crippen LogP) is 3.55. The first kappa shape index (κ1) is 25.7. The Labute approximate surface area is 212 Å². The van der Waals surface area contributed by atoms with Gasteiger partial charge >= 0.3 is 0 Å². The summed E-state index contributed by atoms with van der Waals surface area (Å²) in [6, 6.07) is 11.9. The quantitative estimate of drug-likeness (QED) is 0.324. The Hall–Kier alpha value is -3.36. The topological polar surface area (TPSA) is 88.5 Å². The number of hydrogen-bond donors (Lipinski definition) is 1. The number of Topliss-reactive ketones (excluding diaryl/α,β-unsaturated/α-hetero) is 1. The van der Waals surface area contributed by atoms with Crippen LogP contribution in [0, 0.1) is 6.92 Å². The second-order valence-corrected chi connectivity index (χ2v) is 8.98. The van der Waals surface area contributed by atoms with Crippen LogP contribution < -0.4 is 9.47 Å². The summed E-state index contributed by atoms with van der Waals surface area (Å²) in [4.78, 5) is 30.4. The highest BCUT2D eigenvalue weighted by Crippen LogP contribution is 2.40. The minimum Gasteiger partial charge on any atom is -0.507 e. The number of aliphatic hydroxyl groups is 1. The number of ether oxygens (including phenoxy) is 3. The maximum atomic E-state index is 13.3. The fourth-order valence-electron chi connectivity index (χ4n) is 4.83. The molecule has 4 rings (SSSR count). The molecular weight excluding hydrogens is 460 g/mol. The van der Waals surface area contributed by atoms with E-state index in [4.69, 9.17) is 14.2 Å². The molecule has 2 saturated heterocycles. The van der Waals surface area contributed by atoms with Crippen molar-refractivity contribution in [2.45, 2.75) is 26.3 Å². The molecule has 2 aromatic rings. The highest BCUT2D eigenvalue weighted by molar-refractivity contribution is 6.46. The minimum atomic E-state index is -0.688. The third-order valence-corrected chi connectivity index (χ3v) is 6.71. The van der Waals surface area contributed by atoms with Crippen molar-refractivity contribution >= 4 is 17.4 Å². The molecule has 1 amide bonds. The van der Waals surface area contributed by atoms with E-state index in [1.54, 1.807) is 30.2 Å².